The summed E-state index contributed by atoms with van der Waals surface area (Å²) in [6.45, 7) is 7.44. The summed E-state index contributed by atoms with van der Waals surface area (Å²) in [6.07, 6.45) is 1.54. The average Bonchev–Trinajstić information content (AvgIpc) is 2.43. The van der Waals surface area contributed by atoms with Gasteiger partial charge >= 0.3 is 0 Å². The number of ether oxygens (including phenoxy) is 1. The van der Waals surface area contributed by atoms with Crippen LogP contribution in [0.5, 0.6) is 5.75 Å². The van der Waals surface area contributed by atoms with Crippen LogP contribution in [0, 0.1) is 16.7 Å². The second-order valence-electron chi connectivity index (χ2n) is 5.70. The topological polar surface area (TPSA) is 45.0 Å². The van der Waals surface area contributed by atoms with E-state index in [2.05, 4.69) is 44.3 Å². The number of methoxy groups -OCH3 is 1. The molecule has 0 aliphatic heterocycles. The van der Waals surface area contributed by atoms with Gasteiger partial charge in [0.05, 0.1) is 13.2 Å². The lowest BCUT2D eigenvalue weighted by Crippen LogP contribution is -2.31. The largest absolute Gasteiger partial charge is 0.497 e. The van der Waals surface area contributed by atoms with Crippen molar-refractivity contribution in [2.75, 3.05) is 13.7 Å². The van der Waals surface area contributed by atoms with Crippen molar-refractivity contribution in [1.82, 2.24) is 5.32 Å². The summed E-state index contributed by atoms with van der Waals surface area (Å²) in [7, 11) is 1.67. The molecule has 1 atom stereocenters. The van der Waals surface area contributed by atoms with E-state index in [1.54, 1.807) is 7.11 Å². The van der Waals surface area contributed by atoms with Gasteiger partial charge < -0.3 is 10.1 Å². The van der Waals surface area contributed by atoms with Gasteiger partial charge in [0.25, 0.3) is 0 Å². The van der Waals surface area contributed by atoms with Crippen molar-refractivity contribution in [3.05, 3.63) is 29.8 Å². The van der Waals surface area contributed by atoms with Crippen LogP contribution >= 0.6 is 0 Å². The molecule has 0 aromatic heterocycles. The summed E-state index contributed by atoms with van der Waals surface area (Å²) in [5.74, 6) is 0.880. The van der Waals surface area contributed by atoms with E-state index in [4.69, 9.17) is 10.00 Å². The van der Waals surface area contributed by atoms with Gasteiger partial charge in [0.1, 0.15) is 5.75 Å². The van der Waals surface area contributed by atoms with Crippen molar-refractivity contribution in [1.29, 1.82) is 5.26 Å². The van der Waals surface area contributed by atoms with Crippen LogP contribution in [0.4, 0.5) is 0 Å². The summed E-state index contributed by atoms with van der Waals surface area (Å²) in [5, 5.41) is 12.2. The molecule has 3 nitrogen and oxygen atoms in total. The van der Waals surface area contributed by atoms with Crippen molar-refractivity contribution in [2.24, 2.45) is 5.41 Å². The van der Waals surface area contributed by atoms with Crippen molar-refractivity contribution >= 4 is 0 Å². The van der Waals surface area contributed by atoms with Crippen LogP contribution in [0.15, 0.2) is 24.3 Å². The summed E-state index contributed by atoms with van der Waals surface area (Å²) < 4.78 is 5.16. The van der Waals surface area contributed by atoms with Crippen LogP contribution < -0.4 is 10.1 Å². The number of nitriles is 1. The lowest BCUT2D eigenvalue weighted by atomic mass is 9.87. The maximum atomic E-state index is 8.65. The van der Waals surface area contributed by atoms with E-state index in [1.165, 1.54) is 5.56 Å². The van der Waals surface area contributed by atoms with E-state index in [0.29, 0.717) is 12.5 Å². The lowest BCUT2D eigenvalue weighted by Gasteiger charge is -2.26. The minimum absolute atomic E-state index is 0.149. The predicted octanol–water partition coefficient (Wildman–Crippen LogP) is 3.68. The predicted molar refractivity (Wildman–Crippen MR) is 78.0 cm³/mol. The maximum Gasteiger partial charge on any atom is 0.118 e. The van der Waals surface area contributed by atoms with E-state index in [-0.39, 0.29) is 5.41 Å². The highest BCUT2D eigenvalue weighted by molar-refractivity contribution is 5.28. The Morgan fingerprint density at radius 2 is 1.95 bits per heavy atom. The number of nitrogens with zero attached hydrogens (tertiary/aromatic N) is 1. The van der Waals surface area contributed by atoms with Crippen molar-refractivity contribution in [3.63, 3.8) is 0 Å². The standard InChI is InChI=1S/C16H24N2O/c1-13(14-6-8-15(19-4)9-7-14)18-12-16(2,3)10-5-11-17/h6-9,13,18H,5,10,12H2,1-4H3. The van der Waals surface area contributed by atoms with Crippen LogP contribution in [0.1, 0.15) is 45.2 Å². The molecule has 0 amide bonds. The molecule has 0 heterocycles. The Morgan fingerprint density at radius 1 is 1.32 bits per heavy atom. The van der Waals surface area contributed by atoms with E-state index < -0.39 is 0 Å². The van der Waals surface area contributed by atoms with Crippen LogP contribution in [-0.2, 0) is 0 Å². The molecule has 1 N–H and O–H groups in total. The third-order valence-corrected chi connectivity index (χ3v) is 3.42. The zero-order valence-electron chi connectivity index (χ0n) is 12.4. The SMILES string of the molecule is COc1ccc(C(C)NCC(C)(C)CCC#N)cc1. The third kappa shape index (κ3) is 5.32. The fourth-order valence-corrected chi connectivity index (χ4v) is 1.92. The van der Waals surface area contributed by atoms with Gasteiger partial charge in [-0.05, 0) is 36.5 Å². The van der Waals surface area contributed by atoms with E-state index in [1.807, 2.05) is 12.1 Å². The van der Waals surface area contributed by atoms with Crippen molar-refractivity contribution in [3.8, 4) is 11.8 Å². The fraction of sp³-hybridized carbons (Fsp3) is 0.562. The number of nitrogens with one attached hydrogen (secondary N) is 1. The molecular formula is C16H24N2O. The average molecular weight is 260 g/mol. The Hall–Kier alpha value is -1.53. The van der Waals surface area contributed by atoms with E-state index >= 15 is 0 Å². The molecule has 104 valence electrons. The van der Waals surface area contributed by atoms with E-state index in [0.717, 1.165) is 18.7 Å². The molecule has 0 radical (unpaired) electrons. The summed E-state index contributed by atoms with van der Waals surface area (Å²) >= 11 is 0. The Morgan fingerprint density at radius 3 is 2.47 bits per heavy atom. The van der Waals surface area contributed by atoms with Gasteiger partial charge in [-0.1, -0.05) is 26.0 Å². The molecular weight excluding hydrogens is 236 g/mol. The highest BCUT2D eigenvalue weighted by Crippen LogP contribution is 2.23. The lowest BCUT2D eigenvalue weighted by molar-refractivity contribution is 0.304. The molecule has 0 saturated carbocycles. The first-order valence-corrected chi connectivity index (χ1v) is 6.73. The zero-order chi connectivity index (χ0) is 14.3. The normalized spacial score (nSPS) is 12.8. The quantitative estimate of drug-likeness (QED) is 0.813. The highest BCUT2D eigenvalue weighted by atomic mass is 16.5. The van der Waals surface area contributed by atoms with Crippen LogP contribution in [-0.4, -0.2) is 13.7 Å². The van der Waals surface area contributed by atoms with E-state index in [9.17, 15) is 0 Å². The van der Waals surface area contributed by atoms with Gasteiger partial charge in [0.15, 0.2) is 0 Å². The number of hydrogen-bond donors (Lipinski definition) is 1. The van der Waals surface area contributed by atoms with Gasteiger partial charge in [-0.15, -0.1) is 0 Å². The first-order chi connectivity index (χ1) is 8.98. The Kier molecular flexibility index (Phi) is 5.85. The molecule has 1 rings (SSSR count). The maximum absolute atomic E-state index is 8.65. The van der Waals surface area contributed by atoms with Gasteiger partial charge in [-0.2, -0.15) is 5.26 Å². The first kappa shape index (κ1) is 15.5. The van der Waals surface area contributed by atoms with Crippen LogP contribution in [0.25, 0.3) is 0 Å². The van der Waals surface area contributed by atoms with Gasteiger partial charge in [0.2, 0.25) is 0 Å². The van der Waals surface area contributed by atoms with Gasteiger partial charge in [0, 0.05) is 19.0 Å². The molecule has 0 fully saturated rings. The molecule has 1 unspecified atom stereocenters. The minimum Gasteiger partial charge on any atom is -0.497 e. The highest BCUT2D eigenvalue weighted by Gasteiger charge is 2.18. The molecule has 3 heteroatoms. The molecule has 1 aromatic rings. The van der Waals surface area contributed by atoms with Crippen molar-refractivity contribution < 1.29 is 4.74 Å². The fourth-order valence-electron chi connectivity index (χ4n) is 1.92. The Bertz CT molecular complexity index is 417. The van der Waals surface area contributed by atoms with Crippen molar-refractivity contribution in [2.45, 2.75) is 39.7 Å². The summed E-state index contributed by atoms with van der Waals surface area (Å²) in [4.78, 5) is 0. The molecule has 0 bridgehead atoms. The zero-order valence-corrected chi connectivity index (χ0v) is 12.4. The third-order valence-electron chi connectivity index (χ3n) is 3.42. The summed E-state index contributed by atoms with van der Waals surface area (Å²) in [6, 6.07) is 10.6. The second-order valence-corrected chi connectivity index (χ2v) is 5.70. The van der Waals surface area contributed by atoms with Gasteiger partial charge in [-0.25, -0.2) is 0 Å². The number of rotatable bonds is 7. The second kappa shape index (κ2) is 7.16. The first-order valence-electron chi connectivity index (χ1n) is 6.73. The number of hydrogen-bond acceptors (Lipinski definition) is 3. The molecule has 0 saturated heterocycles. The number of benzene rings is 1. The Labute approximate surface area is 116 Å². The molecule has 1 aromatic carbocycles. The Balaban J connectivity index is 2.50. The van der Waals surface area contributed by atoms with Gasteiger partial charge in [-0.3, -0.25) is 0 Å². The molecule has 0 aliphatic carbocycles. The molecule has 0 spiro atoms. The molecule has 19 heavy (non-hydrogen) atoms. The minimum atomic E-state index is 0.149. The summed E-state index contributed by atoms with van der Waals surface area (Å²) in [5.41, 5.74) is 1.40. The molecule has 0 aliphatic rings. The van der Waals surface area contributed by atoms with Crippen LogP contribution in [0.3, 0.4) is 0 Å². The van der Waals surface area contributed by atoms with Crippen LogP contribution in [0.2, 0.25) is 0 Å². The smallest absolute Gasteiger partial charge is 0.118 e. The monoisotopic (exact) mass is 260 g/mol.